The highest BCUT2D eigenvalue weighted by Crippen LogP contribution is 2.58. The van der Waals surface area contributed by atoms with Crippen molar-refractivity contribution in [2.45, 2.75) is 38.5 Å². The van der Waals surface area contributed by atoms with Gasteiger partial charge in [0.05, 0.1) is 6.10 Å². The van der Waals surface area contributed by atoms with E-state index >= 15 is 0 Å². The molecule has 21 heavy (non-hydrogen) atoms. The lowest BCUT2D eigenvalue weighted by Gasteiger charge is -2.60. The number of halogens is 1. The van der Waals surface area contributed by atoms with Crippen molar-refractivity contribution in [3.05, 3.63) is 34.3 Å². The average molecular weight is 353 g/mol. The molecule has 0 radical (unpaired) electrons. The van der Waals surface area contributed by atoms with Gasteiger partial charge in [-0.05, 0) is 18.1 Å². The minimum Gasteiger partial charge on any atom is -0.377 e. The normalized spacial score (nSPS) is 33.1. The number of carbonyl (C=O) groups is 1. The highest BCUT2D eigenvalue weighted by atomic mass is 79.9. The Bertz CT molecular complexity index is 575. The smallest absolute Gasteiger partial charge is 0.241 e. The molecule has 0 spiro atoms. The zero-order valence-corrected chi connectivity index (χ0v) is 13.9. The third-order valence-corrected chi connectivity index (χ3v) is 6.00. The zero-order valence-electron chi connectivity index (χ0n) is 12.4. The van der Waals surface area contributed by atoms with E-state index in [-0.39, 0.29) is 23.3 Å². The predicted molar refractivity (Wildman–Crippen MR) is 84.5 cm³/mol. The maximum absolute atomic E-state index is 12.7. The molecule has 0 aromatic heterocycles. The highest BCUT2D eigenvalue weighted by Gasteiger charge is 2.71. The molecule has 1 amide bonds. The number of amides is 1. The van der Waals surface area contributed by atoms with Crippen LogP contribution in [0.4, 0.5) is 0 Å². The third-order valence-electron chi connectivity index (χ3n) is 5.23. The molecule has 1 saturated carbocycles. The quantitative estimate of drug-likeness (QED) is 0.876. The summed E-state index contributed by atoms with van der Waals surface area (Å²) in [7, 11) is 0. The minimum atomic E-state index is -0.838. The van der Waals surface area contributed by atoms with Crippen LogP contribution in [0.2, 0.25) is 0 Å². The van der Waals surface area contributed by atoms with Crippen LogP contribution in [-0.4, -0.2) is 24.2 Å². The summed E-state index contributed by atoms with van der Waals surface area (Å²) in [6, 6.07) is 7.86. The Labute approximate surface area is 133 Å². The minimum absolute atomic E-state index is 0.0741. The van der Waals surface area contributed by atoms with Crippen molar-refractivity contribution < 1.29 is 9.53 Å². The molecule has 1 heterocycles. The molecule has 3 unspecified atom stereocenters. The fraction of sp³-hybridized carbons (Fsp3) is 0.562. The summed E-state index contributed by atoms with van der Waals surface area (Å²) < 4.78 is 6.72. The Morgan fingerprint density at radius 2 is 2.19 bits per heavy atom. The maximum Gasteiger partial charge on any atom is 0.241 e. The molecule has 3 atom stereocenters. The molecular weight excluding hydrogens is 332 g/mol. The molecule has 2 aliphatic rings. The summed E-state index contributed by atoms with van der Waals surface area (Å²) in [6.45, 7) is 5.23. The van der Waals surface area contributed by atoms with E-state index in [1.165, 1.54) is 0 Å². The molecular formula is C16H21BrN2O2. The number of hydrogen-bond acceptors (Lipinski definition) is 3. The van der Waals surface area contributed by atoms with Crippen molar-refractivity contribution in [3.63, 3.8) is 0 Å². The first-order valence-electron chi connectivity index (χ1n) is 7.31. The van der Waals surface area contributed by atoms with Crippen LogP contribution >= 0.6 is 15.9 Å². The lowest BCUT2D eigenvalue weighted by Crippen LogP contribution is -2.80. The van der Waals surface area contributed by atoms with Gasteiger partial charge < -0.3 is 15.8 Å². The number of nitrogens with two attached hydrogens (primary N) is 1. The first-order chi connectivity index (χ1) is 9.89. The van der Waals surface area contributed by atoms with Gasteiger partial charge in [-0.1, -0.05) is 48.0 Å². The molecule has 5 heteroatoms. The van der Waals surface area contributed by atoms with E-state index < -0.39 is 5.54 Å². The number of carbonyl (C=O) groups excluding carboxylic acids is 1. The lowest BCUT2D eigenvalue weighted by atomic mass is 9.48. The number of fused-ring (bicyclic) bond motifs is 1. The Hall–Kier alpha value is -0.910. The van der Waals surface area contributed by atoms with Gasteiger partial charge in [-0.15, -0.1) is 0 Å². The Morgan fingerprint density at radius 1 is 1.48 bits per heavy atom. The SMILES string of the molecule is CC1(C)C2OCCC2C1(N)C(=O)NCc1ccccc1Br. The maximum atomic E-state index is 12.7. The number of nitrogens with one attached hydrogen (secondary N) is 1. The first-order valence-corrected chi connectivity index (χ1v) is 8.10. The summed E-state index contributed by atoms with van der Waals surface area (Å²) in [6.07, 6.45) is 0.976. The summed E-state index contributed by atoms with van der Waals surface area (Å²) >= 11 is 3.49. The van der Waals surface area contributed by atoms with Gasteiger partial charge in [0.15, 0.2) is 0 Å². The molecule has 2 fully saturated rings. The monoisotopic (exact) mass is 352 g/mol. The molecule has 4 nitrogen and oxygen atoms in total. The zero-order chi connectivity index (χ0) is 15.3. The van der Waals surface area contributed by atoms with Crippen molar-refractivity contribution in [3.8, 4) is 0 Å². The molecule has 3 rings (SSSR count). The summed E-state index contributed by atoms with van der Waals surface area (Å²) in [4.78, 5) is 12.7. The van der Waals surface area contributed by atoms with Gasteiger partial charge in [-0.2, -0.15) is 0 Å². The molecule has 0 bridgehead atoms. The summed E-state index contributed by atoms with van der Waals surface area (Å²) in [5.74, 6) is 0.0571. The lowest BCUT2D eigenvalue weighted by molar-refractivity contribution is -0.175. The van der Waals surface area contributed by atoms with Gasteiger partial charge in [-0.3, -0.25) is 4.79 Å². The van der Waals surface area contributed by atoms with E-state index in [2.05, 4.69) is 21.2 Å². The topological polar surface area (TPSA) is 64.3 Å². The fourth-order valence-corrected chi connectivity index (χ4v) is 4.23. The van der Waals surface area contributed by atoms with Crippen LogP contribution in [0.1, 0.15) is 25.8 Å². The van der Waals surface area contributed by atoms with E-state index in [1.807, 2.05) is 38.1 Å². The van der Waals surface area contributed by atoms with Gasteiger partial charge >= 0.3 is 0 Å². The highest BCUT2D eigenvalue weighted by molar-refractivity contribution is 9.10. The second kappa shape index (κ2) is 5.07. The van der Waals surface area contributed by atoms with E-state index in [0.29, 0.717) is 13.2 Å². The second-order valence-electron chi connectivity index (χ2n) is 6.55. The van der Waals surface area contributed by atoms with Crippen LogP contribution in [0.5, 0.6) is 0 Å². The van der Waals surface area contributed by atoms with E-state index in [9.17, 15) is 4.79 Å². The largest absolute Gasteiger partial charge is 0.377 e. The van der Waals surface area contributed by atoms with Crippen molar-refractivity contribution >= 4 is 21.8 Å². The standard InChI is InChI=1S/C16H21BrN2O2/c1-15(2)13-11(7-8-21-13)16(15,18)14(20)19-9-10-5-3-4-6-12(10)17/h3-6,11,13H,7-9,18H2,1-2H3,(H,19,20). The molecule has 114 valence electrons. The third kappa shape index (κ3) is 2.05. The first kappa shape index (κ1) is 15.0. The van der Waals surface area contributed by atoms with Crippen molar-refractivity contribution in [2.24, 2.45) is 17.1 Å². The van der Waals surface area contributed by atoms with Gasteiger partial charge in [0.25, 0.3) is 0 Å². The van der Waals surface area contributed by atoms with Gasteiger partial charge in [-0.25, -0.2) is 0 Å². The number of ether oxygens (including phenoxy) is 1. The Kier molecular flexibility index (Phi) is 3.62. The van der Waals surface area contributed by atoms with Crippen molar-refractivity contribution in [2.75, 3.05) is 6.61 Å². The van der Waals surface area contributed by atoms with Crippen LogP contribution in [-0.2, 0) is 16.1 Å². The molecule has 1 saturated heterocycles. The predicted octanol–water partition coefficient (Wildman–Crippen LogP) is 2.21. The van der Waals surface area contributed by atoms with E-state index in [4.69, 9.17) is 10.5 Å². The summed E-state index contributed by atoms with van der Waals surface area (Å²) in [5.41, 5.74) is 6.39. The van der Waals surface area contributed by atoms with E-state index in [0.717, 1.165) is 16.5 Å². The Balaban J connectivity index is 1.72. The van der Waals surface area contributed by atoms with Gasteiger partial charge in [0.2, 0.25) is 5.91 Å². The van der Waals surface area contributed by atoms with Gasteiger partial charge in [0.1, 0.15) is 5.54 Å². The number of benzene rings is 1. The average Bonchev–Trinajstić information content (AvgIpc) is 2.93. The molecule has 1 aromatic carbocycles. The van der Waals surface area contributed by atoms with Crippen molar-refractivity contribution in [1.29, 1.82) is 0 Å². The van der Waals surface area contributed by atoms with Crippen LogP contribution < -0.4 is 11.1 Å². The molecule has 1 aliphatic heterocycles. The van der Waals surface area contributed by atoms with Crippen molar-refractivity contribution in [1.82, 2.24) is 5.32 Å². The second-order valence-corrected chi connectivity index (χ2v) is 7.41. The van der Waals surface area contributed by atoms with Crippen LogP contribution in [0.15, 0.2) is 28.7 Å². The van der Waals surface area contributed by atoms with Gasteiger partial charge in [0, 0.05) is 29.0 Å². The Morgan fingerprint density at radius 3 is 2.90 bits per heavy atom. The summed E-state index contributed by atoms with van der Waals surface area (Å²) in [5, 5.41) is 3.00. The van der Waals surface area contributed by atoms with Crippen LogP contribution in [0.25, 0.3) is 0 Å². The molecule has 1 aliphatic carbocycles. The van der Waals surface area contributed by atoms with Crippen LogP contribution in [0, 0.1) is 11.3 Å². The molecule has 3 N–H and O–H groups in total. The fourth-order valence-electron chi connectivity index (χ4n) is 3.81. The van der Waals surface area contributed by atoms with E-state index in [1.54, 1.807) is 0 Å². The number of rotatable bonds is 3. The molecule has 1 aromatic rings. The van der Waals surface area contributed by atoms with Crippen LogP contribution in [0.3, 0.4) is 0 Å². The number of hydrogen-bond donors (Lipinski definition) is 2.